The first-order chi connectivity index (χ1) is 13.6. The van der Waals surface area contributed by atoms with Gasteiger partial charge in [0.05, 0.1) is 18.8 Å². The van der Waals surface area contributed by atoms with E-state index in [1.807, 2.05) is 0 Å². The maximum absolute atomic E-state index is 12.8. The Morgan fingerprint density at radius 3 is 2.57 bits per heavy atom. The van der Waals surface area contributed by atoms with Gasteiger partial charge in [-0.2, -0.15) is 0 Å². The molecule has 0 atom stereocenters. The first-order valence-electron chi connectivity index (χ1n) is 9.09. The van der Waals surface area contributed by atoms with Gasteiger partial charge in [0.1, 0.15) is 11.6 Å². The predicted molar refractivity (Wildman–Crippen MR) is 101 cm³/mol. The van der Waals surface area contributed by atoms with Crippen LogP contribution in [0.3, 0.4) is 0 Å². The van der Waals surface area contributed by atoms with Crippen molar-refractivity contribution >= 4 is 17.7 Å². The summed E-state index contributed by atoms with van der Waals surface area (Å²) in [5.74, 6) is -0.520. The summed E-state index contributed by atoms with van der Waals surface area (Å²) in [5, 5.41) is 2.66. The van der Waals surface area contributed by atoms with E-state index in [0.717, 1.165) is 24.5 Å². The summed E-state index contributed by atoms with van der Waals surface area (Å²) in [7, 11) is 0. The summed E-state index contributed by atoms with van der Waals surface area (Å²) in [6.45, 7) is 2.83. The molecule has 1 aliphatic rings. The van der Waals surface area contributed by atoms with E-state index < -0.39 is 11.9 Å². The van der Waals surface area contributed by atoms with E-state index >= 15 is 0 Å². The van der Waals surface area contributed by atoms with E-state index in [2.05, 4.69) is 15.2 Å². The first kappa shape index (κ1) is 19.8. The number of carbonyl (C=O) groups is 2. The van der Waals surface area contributed by atoms with Gasteiger partial charge in [-0.15, -0.1) is 0 Å². The summed E-state index contributed by atoms with van der Waals surface area (Å²) < 4.78 is 23.2. The highest BCUT2D eigenvalue weighted by molar-refractivity contribution is 5.91. The molecule has 2 heterocycles. The second kappa shape index (κ2) is 9.80. The molecule has 0 spiro atoms. The van der Waals surface area contributed by atoms with Crippen LogP contribution in [0.1, 0.15) is 15.9 Å². The molecule has 0 aliphatic carbocycles. The van der Waals surface area contributed by atoms with Crippen LogP contribution >= 0.6 is 0 Å². The van der Waals surface area contributed by atoms with Gasteiger partial charge < -0.3 is 19.7 Å². The van der Waals surface area contributed by atoms with Crippen molar-refractivity contribution in [2.45, 2.75) is 6.42 Å². The molecule has 0 radical (unpaired) electrons. The van der Waals surface area contributed by atoms with Crippen LogP contribution < -0.4 is 10.2 Å². The number of rotatable bonds is 7. The fraction of sp³-hybridized carbons (Fsp3) is 0.350. The van der Waals surface area contributed by atoms with Crippen LogP contribution in [0.25, 0.3) is 0 Å². The zero-order valence-electron chi connectivity index (χ0n) is 15.4. The molecule has 1 N–H and O–H groups in total. The highest BCUT2D eigenvalue weighted by Gasteiger charge is 2.14. The third kappa shape index (κ3) is 5.75. The molecule has 0 bridgehead atoms. The van der Waals surface area contributed by atoms with Gasteiger partial charge in [0.2, 0.25) is 0 Å². The minimum absolute atomic E-state index is 0.288. The molecule has 8 heteroatoms. The SMILES string of the molecule is O=C(COC(=O)c1ccc(N2CCOCC2)nc1)NCCc1ccc(F)cc1. The molecule has 7 nitrogen and oxygen atoms in total. The van der Waals surface area contributed by atoms with Crippen molar-refractivity contribution in [2.24, 2.45) is 0 Å². The number of nitrogens with zero attached hydrogens (tertiary/aromatic N) is 2. The summed E-state index contributed by atoms with van der Waals surface area (Å²) in [6.07, 6.45) is 2.01. The molecule has 148 valence electrons. The average molecular weight is 387 g/mol. The van der Waals surface area contributed by atoms with Crippen LogP contribution in [0.2, 0.25) is 0 Å². The maximum atomic E-state index is 12.8. The van der Waals surface area contributed by atoms with E-state index in [1.165, 1.54) is 18.3 Å². The number of benzene rings is 1. The van der Waals surface area contributed by atoms with Crippen molar-refractivity contribution in [3.63, 3.8) is 0 Å². The van der Waals surface area contributed by atoms with E-state index in [-0.39, 0.29) is 18.0 Å². The minimum atomic E-state index is -0.602. The number of carbonyl (C=O) groups excluding carboxylic acids is 2. The zero-order valence-corrected chi connectivity index (χ0v) is 15.4. The number of morpholine rings is 1. The van der Waals surface area contributed by atoms with Gasteiger partial charge >= 0.3 is 5.97 Å². The Labute approximate surface area is 162 Å². The quantitative estimate of drug-likeness (QED) is 0.727. The second-order valence-corrected chi connectivity index (χ2v) is 6.31. The molecule has 1 saturated heterocycles. The maximum Gasteiger partial charge on any atom is 0.340 e. The molecule has 1 amide bonds. The van der Waals surface area contributed by atoms with E-state index in [9.17, 15) is 14.0 Å². The third-order valence-corrected chi connectivity index (χ3v) is 4.30. The Bertz CT molecular complexity index is 790. The van der Waals surface area contributed by atoms with Gasteiger partial charge in [0.15, 0.2) is 6.61 Å². The summed E-state index contributed by atoms with van der Waals surface area (Å²) in [6, 6.07) is 9.45. The van der Waals surface area contributed by atoms with Crippen LogP contribution in [0.4, 0.5) is 10.2 Å². The number of pyridine rings is 1. The van der Waals surface area contributed by atoms with Crippen molar-refractivity contribution in [3.05, 3.63) is 59.5 Å². The lowest BCUT2D eigenvalue weighted by atomic mass is 10.1. The van der Waals surface area contributed by atoms with Gasteiger partial charge in [-0.25, -0.2) is 14.2 Å². The van der Waals surface area contributed by atoms with Crippen molar-refractivity contribution in [2.75, 3.05) is 44.4 Å². The van der Waals surface area contributed by atoms with E-state index in [1.54, 1.807) is 24.3 Å². The number of ether oxygens (including phenoxy) is 2. The Hall–Kier alpha value is -3.00. The average Bonchev–Trinajstić information content (AvgIpc) is 2.74. The molecule has 3 rings (SSSR count). The van der Waals surface area contributed by atoms with Crippen LogP contribution in [-0.2, 0) is 20.7 Å². The van der Waals surface area contributed by atoms with Gasteiger partial charge in [-0.1, -0.05) is 12.1 Å². The molecule has 2 aromatic rings. The highest BCUT2D eigenvalue weighted by atomic mass is 19.1. The minimum Gasteiger partial charge on any atom is -0.452 e. The van der Waals surface area contributed by atoms with Crippen molar-refractivity contribution in [1.29, 1.82) is 0 Å². The number of hydrogen-bond donors (Lipinski definition) is 1. The Balaban J connectivity index is 1.39. The van der Waals surface area contributed by atoms with E-state index in [4.69, 9.17) is 9.47 Å². The van der Waals surface area contributed by atoms with Gasteiger partial charge in [0, 0.05) is 25.8 Å². The molecule has 0 unspecified atom stereocenters. The molecule has 28 heavy (non-hydrogen) atoms. The first-order valence-corrected chi connectivity index (χ1v) is 9.09. The van der Waals surface area contributed by atoms with Crippen LogP contribution in [-0.4, -0.2) is 56.3 Å². The van der Waals surface area contributed by atoms with Crippen LogP contribution in [0, 0.1) is 5.82 Å². The number of halogens is 1. The molecular formula is C20H22FN3O4. The number of aromatic nitrogens is 1. The lowest BCUT2D eigenvalue weighted by Crippen LogP contribution is -2.36. The number of amides is 1. The molecule has 1 aromatic heterocycles. The zero-order chi connectivity index (χ0) is 19.8. The standard InChI is InChI=1S/C20H22FN3O4/c21-17-4-1-15(2-5-17)7-8-22-19(25)14-28-20(26)16-3-6-18(23-13-16)24-9-11-27-12-10-24/h1-6,13H,7-12,14H2,(H,22,25). The lowest BCUT2D eigenvalue weighted by molar-refractivity contribution is -0.124. The number of hydrogen-bond acceptors (Lipinski definition) is 6. The van der Waals surface area contributed by atoms with Crippen LogP contribution in [0.15, 0.2) is 42.6 Å². The van der Waals surface area contributed by atoms with Crippen molar-refractivity contribution in [3.8, 4) is 0 Å². The number of esters is 1. The highest BCUT2D eigenvalue weighted by Crippen LogP contribution is 2.13. The van der Waals surface area contributed by atoms with Crippen LogP contribution in [0.5, 0.6) is 0 Å². The number of anilines is 1. The second-order valence-electron chi connectivity index (χ2n) is 6.31. The normalized spacial score (nSPS) is 13.8. The van der Waals surface area contributed by atoms with Gasteiger partial charge in [0.25, 0.3) is 5.91 Å². The summed E-state index contributed by atoms with van der Waals surface area (Å²) >= 11 is 0. The largest absolute Gasteiger partial charge is 0.452 e. The van der Waals surface area contributed by atoms with Gasteiger partial charge in [-0.3, -0.25) is 4.79 Å². The number of nitrogens with one attached hydrogen (secondary N) is 1. The van der Waals surface area contributed by atoms with Crippen molar-refractivity contribution in [1.82, 2.24) is 10.3 Å². The fourth-order valence-electron chi connectivity index (χ4n) is 2.75. The molecule has 1 aromatic carbocycles. The fourth-order valence-corrected chi connectivity index (χ4v) is 2.75. The summed E-state index contributed by atoms with van der Waals surface area (Å²) in [5.41, 5.74) is 1.20. The molecule has 0 saturated carbocycles. The van der Waals surface area contributed by atoms with E-state index in [0.29, 0.717) is 26.2 Å². The third-order valence-electron chi connectivity index (χ3n) is 4.30. The Morgan fingerprint density at radius 1 is 1.14 bits per heavy atom. The molecule has 1 aliphatic heterocycles. The monoisotopic (exact) mass is 387 g/mol. The molecular weight excluding hydrogens is 365 g/mol. The Morgan fingerprint density at radius 2 is 1.89 bits per heavy atom. The van der Waals surface area contributed by atoms with Crippen molar-refractivity contribution < 1.29 is 23.5 Å². The Kier molecular flexibility index (Phi) is 6.91. The summed E-state index contributed by atoms with van der Waals surface area (Å²) in [4.78, 5) is 30.2. The lowest BCUT2D eigenvalue weighted by Gasteiger charge is -2.27. The predicted octanol–water partition coefficient (Wildman–Crippen LogP) is 1.57. The topological polar surface area (TPSA) is 80.8 Å². The van der Waals surface area contributed by atoms with Gasteiger partial charge in [-0.05, 0) is 36.2 Å². The molecule has 1 fully saturated rings. The smallest absolute Gasteiger partial charge is 0.340 e.